The van der Waals surface area contributed by atoms with Gasteiger partial charge in [0, 0.05) is 17.3 Å². The number of aromatic nitrogens is 1. The number of hydrogen-bond acceptors (Lipinski definition) is 3. The summed E-state index contributed by atoms with van der Waals surface area (Å²) in [5.74, 6) is 1.36. The topological polar surface area (TPSA) is 48.1 Å². The number of nitrogens with zero attached hydrogens (tertiary/aromatic N) is 1. The minimum absolute atomic E-state index is 0.613. The summed E-state index contributed by atoms with van der Waals surface area (Å²) in [5, 5.41) is 2.11. The molecule has 0 unspecified atom stereocenters. The standard InChI is InChI=1S/C16H14N2O/c1-11-10-13(6-7-15(11)17)19-16-14-5-3-2-4-12(14)8-9-18-16/h2-10H,17H2,1H3. The lowest BCUT2D eigenvalue weighted by Gasteiger charge is -2.09. The SMILES string of the molecule is Cc1cc(Oc2nccc3ccccc23)ccc1N. The Labute approximate surface area is 111 Å². The van der Waals surface area contributed by atoms with E-state index in [9.17, 15) is 0 Å². The van der Waals surface area contributed by atoms with Gasteiger partial charge >= 0.3 is 0 Å². The molecule has 0 amide bonds. The molecule has 0 atom stereocenters. The quantitative estimate of drug-likeness (QED) is 0.701. The molecule has 0 aliphatic heterocycles. The number of anilines is 1. The molecular formula is C16H14N2O. The average Bonchev–Trinajstić information content (AvgIpc) is 2.43. The first kappa shape index (κ1) is 11.5. The summed E-state index contributed by atoms with van der Waals surface area (Å²) in [4.78, 5) is 4.30. The van der Waals surface area contributed by atoms with Crippen molar-refractivity contribution in [2.75, 3.05) is 5.73 Å². The first-order valence-corrected chi connectivity index (χ1v) is 6.12. The van der Waals surface area contributed by atoms with Gasteiger partial charge in [-0.2, -0.15) is 0 Å². The van der Waals surface area contributed by atoms with Crippen LogP contribution in [0.2, 0.25) is 0 Å². The molecule has 0 aliphatic rings. The van der Waals surface area contributed by atoms with Crippen LogP contribution in [0, 0.1) is 6.92 Å². The van der Waals surface area contributed by atoms with E-state index in [1.165, 1.54) is 0 Å². The van der Waals surface area contributed by atoms with E-state index >= 15 is 0 Å². The number of hydrogen-bond donors (Lipinski definition) is 1. The van der Waals surface area contributed by atoms with Gasteiger partial charge in [0.25, 0.3) is 0 Å². The van der Waals surface area contributed by atoms with Crippen molar-refractivity contribution in [2.24, 2.45) is 0 Å². The molecular weight excluding hydrogens is 236 g/mol. The highest BCUT2D eigenvalue weighted by molar-refractivity contribution is 5.86. The summed E-state index contributed by atoms with van der Waals surface area (Å²) in [5.41, 5.74) is 7.56. The summed E-state index contributed by atoms with van der Waals surface area (Å²) >= 11 is 0. The molecule has 3 rings (SSSR count). The van der Waals surface area contributed by atoms with Gasteiger partial charge < -0.3 is 10.5 Å². The Balaban J connectivity index is 2.03. The molecule has 1 heterocycles. The first-order chi connectivity index (χ1) is 9.24. The first-order valence-electron chi connectivity index (χ1n) is 6.12. The molecule has 19 heavy (non-hydrogen) atoms. The maximum atomic E-state index is 5.86. The van der Waals surface area contributed by atoms with Crippen molar-refractivity contribution in [1.82, 2.24) is 4.98 Å². The highest BCUT2D eigenvalue weighted by Gasteiger charge is 2.05. The molecule has 3 nitrogen and oxygen atoms in total. The predicted molar refractivity (Wildman–Crippen MR) is 77.4 cm³/mol. The fourth-order valence-electron chi connectivity index (χ4n) is 2.00. The van der Waals surface area contributed by atoms with Crippen molar-refractivity contribution in [2.45, 2.75) is 6.92 Å². The summed E-state index contributed by atoms with van der Waals surface area (Å²) in [6.07, 6.45) is 1.75. The number of ether oxygens (including phenoxy) is 1. The second kappa shape index (κ2) is 4.61. The van der Waals surface area contributed by atoms with Gasteiger partial charge in [-0.05, 0) is 48.2 Å². The lowest BCUT2D eigenvalue weighted by molar-refractivity contribution is 0.469. The van der Waals surface area contributed by atoms with Crippen LogP contribution in [-0.2, 0) is 0 Å². The smallest absolute Gasteiger partial charge is 0.227 e. The van der Waals surface area contributed by atoms with Crippen molar-refractivity contribution in [1.29, 1.82) is 0 Å². The summed E-state index contributed by atoms with van der Waals surface area (Å²) in [6, 6.07) is 15.6. The van der Waals surface area contributed by atoms with Crippen molar-refractivity contribution >= 4 is 16.5 Å². The minimum atomic E-state index is 0.613. The molecule has 2 N–H and O–H groups in total. The molecule has 2 aromatic carbocycles. The number of nitrogens with two attached hydrogens (primary N) is 1. The van der Waals surface area contributed by atoms with Gasteiger partial charge in [0.05, 0.1) is 0 Å². The van der Waals surface area contributed by atoms with Crippen molar-refractivity contribution in [3.63, 3.8) is 0 Å². The third-order valence-corrected chi connectivity index (χ3v) is 3.09. The number of fused-ring (bicyclic) bond motifs is 1. The zero-order valence-corrected chi connectivity index (χ0v) is 10.6. The summed E-state index contributed by atoms with van der Waals surface area (Å²) < 4.78 is 5.86. The largest absolute Gasteiger partial charge is 0.438 e. The van der Waals surface area contributed by atoms with Crippen LogP contribution in [-0.4, -0.2) is 4.98 Å². The molecule has 3 aromatic rings. The Hall–Kier alpha value is -2.55. The fraction of sp³-hybridized carbons (Fsp3) is 0.0625. The lowest BCUT2D eigenvalue weighted by atomic mass is 10.2. The van der Waals surface area contributed by atoms with Gasteiger partial charge in [0.2, 0.25) is 5.88 Å². The van der Waals surface area contributed by atoms with Crippen LogP contribution in [0.5, 0.6) is 11.6 Å². The van der Waals surface area contributed by atoms with Crippen LogP contribution >= 0.6 is 0 Å². The Kier molecular flexibility index (Phi) is 2.80. The fourth-order valence-corrected chi connectivity index (χ4v) is 2.00. The Morgan fingerprint density at radius 1 is 1.05 bits per heavy atom. The normalized spacial score (nSPS) is 10.6. The minimum Gasteiger partial charge on any atom is -0.438 e. The zero-order valence-electron chi connectivity index (χ0n) is 10.6. The number of pyridine rings is 1. The molecule has 0 bridgehead atoms. The van der Waals surface area contributed by atoms with Crippen LogP contribution in [0.15, 0.2) is 54.7 Å². The molecule has 94 valence electrons. The monoisotopic (exact) mass is 250 g/mol. The molecule has 0 spiro atoms. The second-order valence-electron chi connectivity index (χ2n) is 4.46. The third kappa shape index (κ3) is 2.22. The Morgan fingerprint density at radius 3 is 2.74 bits per heavy atom. The van der Waals surface area contributed by atoms with E-state index in [4.69, 9.17) is 10.5 Å². The highest BCUT2D eigenvalue weighted by Crippen LogP contribution is 2.28. The third-order valence-electron chi connectivity index (χ3n) is 3.09. The van der Waals surface area contributed by atoms with Crippen LogP contribution < -0.4 is 10.5 Å². The van der Waals surface area contributed by atoms with Gasteiger partial charge in [-0.15, -0.1) is 0 Å². The molecule has 3 heteroatoms. The van der Waals surface area contributed by atoms with Crippen molar-refractivity contribution in [3.8, 4) is 11.6 Å². The van der Waals surface area contributed by atoms with Gasteiger partial charge in [0.15, 0.2) is 0 Å². The van der Waals surface area contributed by atoms with E-state index in [1.807, 2.05) is 55.5 Å². The maximum Gasteiger partial charge on any atom is 0.227 e. The van der Waals surface area contributed by atoms with Gasteiger partial charge in [-0.1, -0.05) is 18.2 Å². The Bertz CT molecular complexity index is 732. The van der Waals surface area contributed by atoms with E-state index in [0.717, 1.165) is 27.8 Å². The Morgan fingerprint density at radius 2 is 1.89 bits per heavy atom. The van der Waals surface area contributed by atoms with E-state index in [2.05, 4.69) is 4.98 Å². The molecule has 0 aliphatic carbocycles. The van der Waals surface area contributed by atoms with Crippen LogP contribution in [0.25, 0.3) is 10.8 Å². The van der Waals surface area contributed by atoms with Gasteiger partial charge in [-0.25, -0.2) is 4.98 Å². The van der Waals surface area contributed by atoms with Crippen molar-refractivity contribution < 1.29 is 4.74 Å². The lowest BCUT2D eigenvalue weighted by Crippen LogP contribution is -1.92. The van der Waals surface area contributed by atoms with Crippen molar-refractivity contribution in [3.05, 3.63) is 60.3 Å². The molecule has 0 saturated heterocycles. The number of nitrogen functional groups attached to an aromatic ring is 1. The predicted octanol–water partition coefficient (Wildman–Crippen LogP) is 3.92. The molecule has 0 fully saturated rings. The molecule has 0 radical (unpaired) electrons. The zero-order chi connectivity index (χ0) is 13.2. The maximum absolute atomic E-state index is 5.86. The summed E-state index contributed by atoms with van der Waals surface area (Å²) in [7, 11) is 0. The van der Waals surface area contributed by atoms with E-state index < -0.39 is 0 Å². The van der Waals surface area contributed by atoms with E-state index in [-0.39, 0.29) is 0 Å². The van der Waals surface area contributed by atoms with E-state index in [0.29, 0.717) is 5.88 Å². The van der Waals surface area contributed by atoms with Gasteiger partial charge in [-0.3, -0.25) is 0 Å². The number of rotatable bonds is 2. The number of benzene rings is 2. The molecule has 0 saturated carbocycles. The average molecular weight is 250 g/mol. The van der Waals surface area contributed by atoms with Crippen LogP contribution in [0.1, 0.15) is 5.56 Å². The second-order valence-corrected chi connectivity index (χ2v) is 4.46. The van der Waals surface area contributed by atoms with E-state index in [1.54, 1.807) is 6.20 Å². The number of aryl methyl sites for hydroxylation is 1. The van der Waals surface area contributed by atoms with Gasteiger partial charge in [0.1, 0.15) is 5.75 Å². The summed E-state index contributed by atoms with van der Waals surface area (Å²) in [6.45, 7) is 1.96. The molecule has 1 aromatic heterocycles. The van der Waals surface area contributed by atoms with Crippen LogP contribution in [0.3, 0.4) is 0 Å². The van der Waals surface area contributed by atoms with Crippen LogP contribution in [0.4, 0.5) is 5.69 Å². The highest BCUT2D eigenvalue weighted by atomic mass is 16.5.